The fraction of sp³-hybridized carbons (Fsp3) is 0.333. The van der Waals surface area contributed by atoms with Crippen molar-refractivity contribution in [3.8, 4) is 0 Å². The topological polar surface area (TPSA) is 72.7 Å². The van der Waals surface area contributed by atoms with Crippen LogP contribution in [0.25, 0.3) is 0 Å². The lowest BCUT2D eigenvalue weighted by molar-refractivity contribution is -0.137. The molecule has 29 heavy (non-hydrogen) atoms. The largest absolute Gasteiger partial charge is 0.416 e. The van der Waals surface area contributed by atoms with Crippen LogP contribution >= 0.6 is 23.1 Å². The molecular weight excluding hydrogens is 423 g/mol. The van der Waals surface area contributed by atoms with Gasteiger partial charge in [-0.15, -0.1) is 21.5 Å². The van der Waals surface area contributed by atoms with E-state index in [4.69, 9.17) is 0 Å². The van der Waals surface area contributed by atoms with Gasteiger partial charge in [-0.1, -0.05) is 23.9 Å². The minimum Gasteiger partial charge on any atom is -0.306 e. The first kappa shape index (κ1) is 21.3. The Morgan fingerprint density at radius 2 is 2.00 bits per heavy atom. The molecular formula is C18H18F3N5OS2. The Morgan fingerprint density at radius 3 is 2.66 bits per heavy atom. The minimum atomic E-state index is -4.35. The molecule has 0 aliphatic carbocycles. The summed E-state index contributed by atoms with van der Waals surface area (Å²) in [5, 5.41) is 11.7. The van der Waals surface area contributed by atoms with E-state index in [0.29, 0.717) is 16.7 Å². The van der Waals surface area contributed by atoms with E-state index in [-0.39, 0.29) is 17.7 Å². The Labute approximate surface area is 173 Å². The molecule has 0 saturated carbocycles. The molecule has 0 aliphatic rings. The third-order valence-corrected chi connectivity index (χ3v) is 5.76. The van der Waals surface area contributed by atoms with Gasteiger partial charge in [-0.25, -0.2) is 4.98 Å². The van der Waals surface area contributed by atoms with Gasteiger partial charge >= 0.3 is 6.18 Å². The molecule has 0 saturated heterocycles. The highest BCUT2D eigenvalue weighted by Crippen LogP contribution is 2.30. The molecule has 154 valence electrons. The molecule has 3 rings (SSSR count). The maximum atomic E-state index is 12.6. The summed E-state index contributed by atoms with van der Waals surface area (Å²) in [6.07, 6.45) is -0.668. The van der Waals surface area contributed by atoms with Crippen molar-refractivity contribution in [2.24, 2.45) is 0 Å². The highest BCUT2D eigenvalue weighted by atomic mass is 32.2. The predicted octanol–water partition coefficient (Wildman–Crippen LogP) is 4.66. The molecule has 3 aromatic rings. The number of thioether (sulfide) groups is 1. The zero-order valence-corrected chi connectivity index (χ0v) is 17.2. The summed E-state index contributed by atoms with van der Waals surface area (Å²) in [5.74, 6) is -0.0529. The molecule has 2 heterocycles. The number of alkyl halides is 3. The first-order valence-electron chi connectivity index (χ1n) is 8.65. The Kier molecular flexibility index (Phi) is 6.58. The van der Waals surface area contributed by atoms with Crippen molar-refractivity contribution < 1.29 is 18.0 Å². The SMILES string of the molecule is CC(C)n1cnnc1SCC(=O)Nc1ncc(Cc2ccc(C(F)(F)F)cc2)s1. The lowest BCUT2D eigenvalue weighted by atomic mass is 10.1. The number of nitrogens with zero attached hydrogens (tertiary/aromatic N) is 4. The first-order valence-corrected chi connectivity index (χ1v) is 10.5. The van der Waals surface area contributed by atoms with Gasteiger partial charge in [0.25, 0.3) is 0 Å². The van der Waals surface area contributed by atoms with Crippen LogP contribution in [0.1, 0.15) is 35.9 Å². The van der Waals surface area contributed by atoms with Crippen molar-refractivity contribution in [2.45, 2.75) is 37.6 Å². The van der Waals surface area contributed by atoms with Crippen LogP contribution in [-0.4, -0.2) is 31.4 Å². The molecule has 1 amide bonds. The monoisotopic (exact) mass is 441 g/mol. The number of anilines is 1. The Balaban J connectivity index is 1.53. The summed E-state index contributed by atoms with van der Waals surface area (Å²) in [5.41, 5.74) is 0.0624. The average molecular weight is 442 g/mol. The van der Waals surface area contributed by atoms with E-state index in [1.54, 1.807) is 12.5 Å². The van der Waals surface area contributed by atoms with Crippen LogP contribution in [0.3, 0.4) is 0 Å². The lowest BCUT2D eigenvalue weighted by Gasteiger charge is -2.08. The van der Waals surface area contributed by atoms with Gasteiger partial charge in [0.15, 0.2) is 10.3 Å². The van der Waals surface area contributed by atoms with E-state index >= 15 is 0 Å². The second-order valence-electron chi connectivity index (χ2n) is 6.45. The van der Waals surface area contributed by atoms with Crippen molar-refractivity contribution in [2.75, 3.05) is 11.1 Å². The molecule has 0 aliphatic heterocycles. The molecule has 0 bridgehead atoms. The number of hydrogen-bond acceptors (Lipinski definition) is 6. The predicted molar refractivity (Wildman–Crippen MR) is 106 cm³/mol. The number of nitrogens with one attached hydrogen (secondary N) is 1. The summed E-state index contributed by atoms with van der Waals surface area (Å²) in [4.78, 5) is 17.2. The summed E-state index contributed by atoms with van der Waals surface area (Å²) < 4.78 is 39.8. The van der Waals surface area contributed by atoms with E-state index in [2.05, 4.69) is 20.5 Å². The maximum Gasteiger partial charge on any atom is 0.416 e. The van der Waals surface area contributed by atoms with E-state index in [1.165, 1.54) is 35.2 Å². The summed E-state index contributed by atoms with van der Waals surface area (Å²) in [6.45, 7) is 4.00. The van der Waals surface area contributed by atoms with Crippen LogP contribution in [0, 0.1) is 0 Å². The van der Waals surface area contributed by atoms with Crippen LogP contribution in [-0.2, 0) is 17.4 Å². The van der Waals surface area contributed by atoms with Crippen molar-refractivity contribution in [3.05, 3.63) is 52.8 Å². The Bertz CT molecular complexity index is 967. The van der Waals surface area contributed by atoms with E-state index in [0.717, 1.165) is 22.6 Å². The standard InChI is InChI=1S/C18H18F3N5OS2/c1-11(2)26-10-23-25-17(26)28-9-15(27)24-16-22-8-14(29-16)7-12-3-5-13(6-4-12)18(19,20)21/h3-6,8,10-11H,7,9H2,1-2H3,(H,22,24,27). The molecule has 2 aromatic heterocycles. The quantitative estimate of drug-likeness (QED) is 0.540. The van der Waals surface area contributed by atoms with Gasteiger partial charge in [0.05, 0.1) is 11.3 Å². The number of halogens is 3. The van der Waals surface area contributed by atoms with E-state index < -0.39 is 11.7 Å². The molecule has 6 nitrogen and oxygen atoms in total. The number of aromatic nitrogens is 4. The fourth-order valence-corrected chi connectivity index (χ4v) is 4.14. The van der Waals surface area contributed by atoms with Gasteiger partial charge in [0.1, 0.15) is 6.33 Å². The number of benzene rings is 1. The van der Waals surface area contributed by atoms with Gasteiger partial charge in [0, 0.05) is 23.5 Å². The Hall–Kier alpha value is -2.40. The second-order valence-corrected chi connectivity index (χ2v) is 8.51. The second kappa shape index (κ2) is 8.95. The molecule has 0 spiro atoms. The van der Waals surface area contributed by atoms with Crippen molar-refractivity contribution >= 4 is 34.1 Å². The number of carbonyl (C=O) groups excluding carboxylic acids is 1. The number of carbonyl (C=O) groups is 1. The molecule has 0 fully saturated rings. The van der Waals surface area contributed by atoms with Gasteiger partial charge in [-0.05, 0) is 31.5 Å². The van der Waals surface area contributed by atoms with Gasteiger partial charge in [-0.3, -0.25) is 4.79 Å². The lowest BCUT2D eigenvalue weighted by Crippen LogP contribution is -2.14. The fourth-order valence-electron chi connectivity index (χ4n) is 2.43. The zero-order valence-electron chi connectivity index (χ0n) is 15.6. The van der Waals surface area contributed by atoms with Gasteiger partial charge in [0.2, 0.25) is 5.91 Å². The average Bonchev–Trinajstić information content (AvgIpc) is 3.29. The number of amides is 1. The number of thiazole rings is 1. The molecule has 0 atom stereocenters. The van der Waals surface area contributed by atoms with Crippen molar-refractivity contribution in [1.82, 2.24) is 19.7 Å². The summed E-state index contributed by atoms with van der Waals surface area (Å²) in [7, 11) is 0. The van der Waals surface area contributed by atoms with Crippen LogP contribution in [0.2, 0.25) is 0 Å². The molecule has 11 heteroatoms. The van der Waals surface area contributed by atoms with Crippen LogP contribution in [0.4, 0.5) is 18.3 Å². The van der Waals surface area contributed by atoms with E-state index in [9.17, 15) is 18.0 Å². The number of hydrogen-bond donors (Lipinski definition) is 1. The first-order chi connectivity index (χ1) is 13.7. The highest BCUT2D eigenvalue weighted by Gasteiger charge is 2.29. The van der Waals surface area contributed by atoms with Crippen molar-refractivity contribution in [3.63, 3.8) is 0 Å². The van der Waals surface area contributed by atoms with Crippen LogP contribution in [0.5, 0.6) is 0 Å². The third kappa shape index (κ3) is 5.80. The smallest absolute Gasteiger partial charge is 0.306 e. The third-order valence-electron chi connectivity index (χ3n) is 3.89. The highest BCUT2D eigenvalue weighted by molar-refractivity contribution is 7.99. The van der Waals surface area contributed by atoms with Crippen molar-refractivity contribution in [1.29, 1.82) is 0 Å². The van der Waals surface area contributed by atoms with E-state index in [1.807, 2.05) is 18.4 Å². The van der Waals surface area contributed by atoms with Gasteiger partial charge < -0.3 is 9.88 Å². The van der Waals surface area contributed by atoms with Crippen LogP contribution in [0.15, 0.2) is 41.9 Å². The molecule has 1 aromatic carbocycles. The number of rotatable bonds is 7. The maximum absolute atomic E-state index is 12.6. The minimum absolute atomic E-state index is 0.166. The normalized spacial score (nSPS) is 11.8. The molecule has 1 N–H and O–H groups in total. The summed E-state index contributed by atoms with van der Waals surface area (Å²) >= 11 is 2.57. The van der Waals surface area contributed by atoms with Gasteiger partial charge in [-0.2, -0.15) is 13.2 Å². The molecule has 0 unspecified atom stereocenters. The summed E-state index contributed by atoms with van der Waals surface area (Å²) in [6, 6.07) is 5.21. The Morgan fingerprint density at radius 1 is 1.28 bits per heavy atom. The van der Waals surface area contributed by atoms with Crippen LogP contribution < -0.4 is 5.32 Å². The zero-order chi connectivity index (χ0) is 21.0. The molecule has 0 radical (unpaired) electrons.